The van der Waals surface area contributed by atoms with Gasteiger partial charge in [0.25, 0.3) is 0 Å². The summed E-state index contributed by atoms with van der Waals surface area (Å²) in [5.74, 6) is -0.482. The van der Waals surface area contributed by atoms with Gasteiger partial charge in [0.15, 0.2) is 5.78 Å². The van der Waals surface area contributed by atoms with Gasteiger partial charge in [-0.05, 0) is 24.6 Å². The number of halogens is 3. The number of carbonyl (C=O) groups is 1. The van der Waals surface area contributed by atoms with E-state index in [0.717, 1.165) is 12.1 Å². The molecule has 2 N–H and O–H groups in total. The van der Waals surface area contributed by atoms with Crippen LogP contribution in [0.1, 0.15) is 12.5 Å². The zero-order valence-electron chi connectivity index (χ0n) is 9.12. The minimum Gasteiger partial charge on any atom is -0.406 e. The second kappa shape index (κ2) is 5.18. The third-order valence-electron chi connectivity index (χ3n) is 2.04. The number of benzene rings is 1. The smallest absolute Gasteiger partial charge is 0.406 e. The normalized spacial score (nSPS) is 13.2. The van der Waals surface area contributed by atoms with Crippen molar-refractivity contribution >= 4 is 5.78 Å². The van der Waals surface area contributed by atoms with Crippen molar-refractivity contribution in [1.29, 1.82) is 0 Å². The summed E-state index contributed by atoms with van der Waals surface area (Å²) in [6.45, 7) is 1.56. The Kier molecular flexibility index (Phi) is 4.11. The molecule has 0 saturated heterocycles. The fraction of sp³-hybridized carbons (Fsp3) is 0.364. The molecule has 0 aliphatic carbocycles. The van der Waals surface area contributed by atoms with Gasteiger partial charge in [-0.1, -0.05) is 12.1 Å². The lowest BCUT2D eigenvalue weighted by Crippen LogP contribution is -2.28. The van der Waals surface area contributed by atoms with Gasteiger partial charge >= 0.3 is 6.36 Å². The molecule has 0 aliphatic heterocycles. The third kappa shape index (κ3) is 4.86. The largest absolute Gasteiger partial charge is 0.573 e. The Morgan fingerprint density at radius 3 is 2.29 bits per heavy atom. The highest BCUT2D eigenvalue weighted by molar-refractivity contribution is 5.85. The highest BCUT2D eigenvalue weighted by atomic mass is 19.4. The van der Waals surface area contributed by atoms with Gasteiger partial charge < -0.3 is 10.5 Å². The minimum absolute atomic E-state index is 0.101. The maximum atomic E-state index is 11.9. The molecule has 0 aliphatic rings. The molecule has 3 nitrogen and oxygen atoms in total. The number of ether oxygens (including phenoxy) is 1. The second-order valence-corrected chi connectivity index (χ2v) is 3.62. The lowest BCUT2D eigenvalue weighted by Gasteiger charge is -2.09. The van der Waals surface area contributed by atoms with Gasteiger partial charge in [0.05, 0.1) is 6.04 Å². The van der Waals surface area contributed by atoms with E-state index in [1.54, 1.807) is 6.92 Å². The Hall–Kier alpha value is -1.56. The first-order chi connectivity index (χ1) is 7.78. The molecule has 0 fully saturated rings. The Balaban J connectivity index is 2.65. The van der Waals surface area contributed by atoms with E-state index in [1.807, 2.05) is 0 Å². The van der Waals surface area contributed by atoms with Crippen molar-refractivity contribution in [3.05, 3.63) is 29.8 Å². The summed E-state index contributed by atoms with van der Waals surface area (Å²) in [4.78, 5) is 11.3. The molecule has 1 aromatic carbocycles. The average molecular weight is 247 g/mol. The number of hydrogen-bond acceptors (Lipinski definition) is 3. The molecule has 6 heteroatoms. The summed E-state index contributed by atoms with van der Waals surface area (Å²) in [6, 6.07) is 4.55. The van der Waals surface area contributed by atoms with Crippen molar-refractivity contribution in [2.45, 2.75) is 25.7 Å². The van der Waals surface area contributed by atoms with E-state index < -0.39 is 12.4 Å². The highest BCUT2D eigenvalue weighted by Gasteiger charge is 2.30. The molecule has 17 heavy (non-hydrogen) atoms. The van der Waals surface area contributed by atoms with E-state index in [4.69, 9.17) is 5.73 Å². The van der Waals surface area contributed by atoms with Crippen molar-refractivity contribution in [3.63, 3.8) is 0 Å². The van der Waals surface area contributed by atoms with Crippen LogP contribution in [0.15, 0.2) is 24.3 Å². The van der Waals surface area contributed by atoms with Crippen molar-refractivity contribution in [3.8, 4) is 5.75 Å². The number of nitrogens with two attached hydrogens (primary N) is 1. The van der Waals surface area contributed by atoms with Gasteiger partial charge in [-0.2, -0.15) is 0 Å². The Labute approximate surface area is 96.4 Å². The van der Waals surface area contributed by atoms with E-state index in [9.17, 15) is 18.0 Å². The number of hydrogen-bond donors (Lipinski definition) is 1. The fourth-order valence-electron chi connectivity index (χ4n) is 1.17. The predicted octanol–water partition coefficient (Wildman–Crippen LogP) is 2.04. The first-order valence-corrected chi connectivity index (χ1v) is 4.91. The SMILES string of the molecule is CC(N)C(=O)Cc1ccc(OC(F)(F)F)cc1. The molecule has 0 heterocycles. The maximum absolute atomic E-state index is 11.9. The second-order valence-electron chi connectivity index (χ2n) is 3.62. The number of Topliss-reactive ketones (excluding diaryl/α,β-unsaturated/α-hetero) is 1. The monoisotopic (exact) mass is 247 g/mol. The maximum Gasteiger partial charge on any atom is 0.573 e. The molecule has 0 amide bonds. The summed E-state index contributed by atoms with van der Waals surface area (Å²) in [5, 5.41) is 0. The first-order valence-electron chi connectivity index (χ1n) is 4.91. The van der Waals surface area contributed by atoms with Gasteiger partial charge in [-0.3, -0.25) is 4.79 Å². The molecule has 1 atom stereocenters. The molecule has 0 bridgehead atoms. The van der Waals surface area contributed by atoms with Crippen LogP contribution in [0.3, 0.4) is 0 Å². The molecule has 0 spiro atoms. The molecule has 1 rings (SSSR count). The van der Waals surface area contributed by atoms with Crippen molar-refractivity contribution < 1.29 is 22.7 Å². The molecule has 0 saturated carbocycles. The van der Waals surface area contributed by atoms with Crippen LogP contribution >= 0.6 is 0 Å². The van der Waals surface area contributed by atoms with Crippen LogP contribution in [0, 0.1) is 0 Å². The standard InChI is InChI=1S/C11H12F3NO2/c1-7(15)10(16)6-8-2-4-9(5-3-8)17-11(12,13)14/h2-5,7H,6,15H2,1H3. The lowest BCUT2D eigenvalue weighted by molar-refractivity contribution is -0.274. The third-order valence-corrected chi connectivity index (χ3v) is 2.04. The summed E-state index contributed by atoms with van der Waals surface area (Å²) in [6.07, 6.45) is -4.60. The van der Waals surface area contributed by atoms with Gasteiger partial charge in [-0.15, -0.1) is 13.2 Å². The van der Waals surface area contributed by atoms with Crippen molar-refractivity contribution in [1.82, 2.24) is 0 Å². The molecule has 1 aromatic rings. The van der Waals surface area contributed by atoms with Gasteiger partial charge in [0.1, 0.15) is 5.75 Å². The van der Waals surface area contributed by atoms with Crippen LogP contribution in [0.5, 0.6) is 5.75 Å². The van der Waals surface area contributed by atoms with E-state index in [2.05, 4.69) is 4.74 Å². The van der Waals surface area contributed by atoms with Gasteiger partial charge in [0.2, 0.25) is 0 Å². The van der Waals surface area contributed by atoms with E-state index in [1.165, 1.54) is 12.1 Å². The Morgan fingerprint density at radius 1 is 1.35 bits per heavy atom. The predicted molar refractivity (Wildman–Crippen MR) is 55.5 cm³/mol. The fourth-order valence-corrected chi connectivity index (χ4v) is 1.17. The van der Waals surface area contributed by atoms with Crippen molar-refractivity contribution in [2.24, 2.45) is 5.73 Å². The van der Waals surface area contributed by atoms with Crippen LogP contribution in [-0.4, -0.2) is 18.2 Å². The molecular formula is C11H12F3NO2. The molecular weight excluding hydrogens is 235 g/mol. The van der Waals surface area contributed by atoms with Crippen LogP contribution in [0.2, 0.25) is 0 Å². The highest BCUT2D eigenvalue weighted by Crippen LogP contribution is 2.22. The van der Waals surface area contributed by atoms with E-state index in [0.29, 0.717) is 5.56 Å². The number of ketones is 1. The number of alkyl halides is 3. The summed E-state index contributed by atoms with van der Waals surface area (Å²) in [5.41, 5.74) is 5.97. The van der Waals surface area contributed by atoms with Crippen molar-refractivity contribution in [2.75, 3.05) is 0 Å². The zero-order valence-corrected chi connectivity index (χ0v) is 9.12. The van der Waals surface area contributed by atoms with E-state index in [-0.39, 0.29) is 18.0 Å². The van der Waals surface area contributed by atoms with Gasteiger partial charge in [0, 0.05) is 6.42 Å². The number of rotatable bonds is 4. The van der Waals surface area contributed by atoms with Gasteiger partial charge in [-0.25, -0.2) is 0 Å². The molecule has 94 valence electrons. The van der Waals surface area contributed by atoms with Crippen LogP contribution in [-0.2, 0) is 11.2 Å². The number of carbonyl (C=O) groups excluding carboxylic acids is 1. The van der Waals surface area contributed by atoms with Crippen LogP contribution < -0.4 is 10.5 Å². The summed E-state index contributed by atoms with van der Waals surface area (Å²) >= 11 is 0. The average Bonchev–Trinajstić information content (AvgIpc) is 2.18. The zero-order chi connectivity index (χ0) is 13.1. The summed E-state index contributed by atoms with van der Waals surface area (Å²) in [7, 11) is 0. The molecule has 1 unspecified atom stereocenters. The molecule has 0 aromatic heterocycles. The van der Waals surface area contributed by atoms with Crippen LogP contribution in [0.4, 0.5) is 13.2 Å². The quantitative estimate of drug-likeness (QED) is 0.885. The molecule has 0 radical (unpaired) electrons. The minimum atomic E-state index is -4.71. The summed E-state index contributed by atoms with van der Waals surface area (Å²) < 4.78 is 39.3. The Morgan fingerprint density at radius 2 is 1.88 bits per heavy atom. The Bertz CT molecular complexity index is 385. The first kappa shape index (κ1) is 13.5. The lowest BCUT2D eigenvalue weighted by atomic mass is 10.1. The van der Waals surface area contributed by atoms with E-state index >= 15 is 0 Å². The topological polar surface area (TPSA) is 52.3 Å². The van der Waals surface area contributed by atoms with Crippen LogP contribution in [0.25, 0.3) is 0 Å².